The molecule has 0 aromatic carbocycles. The Hall–Kier alpha value is 0.263. The van der Waals surface area contributed by atoms with E-state index in [1.165, 1.54) is 139 Å². The van der Waals surface area contributed by atoms with Gasteiger partial charge in [0.1, 0.15) is 0 Å². The SMILES string of the molecule is CCCCCCCCCCCCSC(C)C(=O)[O-].CCCCCCCCCCCCSC(C)C(=O)[O-].[Zn+2]. The Morgan fingerprint density at radius 2 is 0.703 bits per heavy atom. The zero-order valence-electron chi connectivity index (χ0n) is 24.9. The second-order valence-corrected chi connectivity index (χ2v) is 12.9. The molecule has 0 radical (unpaired) electrons. The fraction of sp³-hybridized carbons (Fsp3) is 0.933. The minimum atomic E-state index is -0.938. The Morgan fingerprint density at radius 3 is 0.919 bits per heavy atom. The summed E-state index contributed by atoms with van der Waals surface area (Å²) < 4.78 is 0. The number of carboxylic acids is 2. The molecular formula is C30H58O4S2Zn. The molecule has 0 aromatic heterocycles. The van der Waals surface area contributed by atoms with E-state index >= 15 is 0 Å². The molecular weight excluding hydrogens is 554 g/mol. The smallest absolute Gasteiger partial charge is 0.549 e. The Morgan fingerprint density at radius 1 is 0.486 bits per heavy atom. The second-order valence-electron chi connectivity index (χ2n) is 10.0. The third-order valence-electron chi connectivity index (χ3n) is 6.40. The fourth-order valence-corrected chi connectivity index (χ4v) is 5.56. The zero-order valence-corrected chi connectivity index (χ0v) is 29.5. The van der Waals surface area contributed by atoms with Crippen molar-refractivity contribution in [1.82, 2.24) is 0 Å². The molecule has 0 spiro atoms. The molecule has 0 saturated carbocycles. The summed E-state index contributed by atoms with van der Waals surface area (Å²) in [6, 6.07) is 0. The second kappa shape index (κ2) is 34.3. The predicted octanol–water partition coefficient (Wildman–Crippen LogP) is 7.56. The number of carbonyl (C=O) groups is 2. The predicted molar refractivity (Wildman–Crippen MR) is 158 cm³/mol. The topological polar surface area (TPSA) is 80.3 Å². The van der Waals surface area contributed by atoms with Crippen molar-refractivity contribution in [2.45, 2.75) is 167 Å². The Bertz CT molecular complexity index is 438. The van der Waals surface area contributed by atoms with Gasteiger partial charge in [-0.2, -0.15) is 23.5 Å². The summed E-state index contributed by atoms with van der Waals surface area (Å²) in [5.41, 5.74) is 0. The first kappa shape index (κ1) is 41.7. The first-order valence-electron chi connectivity index (χ1n) is 15.0. The molecule has 0 N–H and O–H groups in total. The Labute approximate surface area is 251 Å². The van der Waals surface area contributed by atoms with Gasteiger partial charge in [-0.1, -0.05) is 129 Å². The minimum Gasteiger partial charge on any atom is -0.549 e. The monoisotopic (exact) mass is 610 g/mol. The molecule has 2 unspecified atom stereocenters. The quantitative estimate of drug-likeness (QED) is 0.0742. The standard InChI is InChI=1S/2C15H30O2S.Zn/c2*1-3-4-5-6-7-8-9-10-11-12-13-18-14(2)15(16)17;/h2*14H,3-13H2,1-2H3,(H,16,17);/q;;+2/p-2. The van der Waals surface area contributed by atoms with E-state index in [9.17, 15) is 19.8 Å². The van der Waals surface area contributed by atoms with E-state index in [1.807, 2.05) is 0 Å². The molecule has 0 aliphatic rings. The molecule has 7 heteroatoms. The minimum absolute atomic E-state index is 0. The summed E-state index contributed by atoms with van der Waals surface area (Å²) in [6.45, 7) is 7.91. The summed E-state index contributed by atoms with van der Waals surface area (Å²) >= 11 is 3.00. The van der Waals surface area contributed by atoms with Gasteiger partial charge in [0.2, 0.25) is 0 Å². The summed E-state index contributed by atoms with van der Waals surface area (Å²) in [5, 5.41) is 20.2. The number of thioether (sulfide) groups is 2. The summed E-state index contributed by atoms with van der Waals surface area (Å²) in [7, 11) is 0. The molecule has 0 bridgehead atoms. The van der Waals surface area contributed by atoms with Crippen LogP contribution in [0.15, 0.2) is 0 Å². The van der Waals surface area contributed by atoms with Crippen LogP contribution >= 0.6 is 23.5 Å². The number of aliphatic carboxylic acids is 2. The van der Waals surface area contributed by atoms with Crippen LogP contribution in [-0.4, -0.2) is 33.9 Å². The molecule has 0 rings (SSSR count). The van der Waals surface area contributed by atoms with Crippen molar-refractivity contribution in [3.63, 3.8) is 0 Å². The number of hydrogen-bond acceptors (Lipinski definition) is 6. The van der Waals surface area contributed by atoms with Crippen molar-refractivity contribution in [3.05, 3.63) is 0 Å². The maximum atomic E-state index is 10.5. The molecule has 0 fully saturated rings. The third kappa shape index (κ3) is 36.3. The van der Waals surface area contributed by atoms with E-state index in [4.69, 9.17) is 0 Å². The molecule has 37 heavy (non-hydrogen) atoms. The summed E-state index contributed by atoms with van der Waals surface area (Å²) in [5.74, 6) is 0.0243. The number of hydrogen-bond donors (Lipinski definition) is 0. The first-order valence-corrected chi connectivity index (χ1v) is 17.1. The number of carboxylic acid groups (broad SMARTS) is 2. The first-order chi connectivity index (χ1) is 17.4. The van der Waals surface area contributed by atoms with Crippen LogP contribution in [0.3, 0.4) is 0 Å². The van der Waals surface area contributed by atoms with Crippen LogP contribution < -0.4 is 10.2 Å². The average Bonchev–Trinajstić information content (AvgIpc) is 2.85. The largest absolute Gasteiger partial charge is 2.00 e. The van der Waals surface area contributed by atoms with Crippen LogP contribution in [0.25, 0.3) is 0 Å². The van der Waals surface area contributed by atoms with Crippen molar-refractivity contribution >= 4 is 35.5 Å². The van der Waals surface area contributed by atoms with Crippen molar-refractivity contribution in [2.24, 2.45) is 0 Å². The maximum absolute atomic E-state index is 10.5. The van der Waals surface area contributed by atoms with Gasteiger partial charge in [-0.3, -0.25) is 0 Å². The number of unbranched alkanes of at least 4 members (excludes halogenated alkanes) is 18. The average molecular weight is 612 g/mol. The van der Waals surface area contributed by atoms with Crippen LogP contribution in [0.5, 0.6) is 0 Å². The number of rotatable bonds is 26. The molecule has 0 aliphatic carbocycles. The zero-order chi connectivity index (χ0) is 27.3. The van der Waals surface area contributed by atoms with E-state index in [1.54, 1.807) is 13.8 Å². The van der Waals surface area contributed by atoms with Crippen LogP contribution in [0.4, 0.5) is 0 Å². The third-order valence-corrected chi connectivity index (χ3v) is 8.83. The normalized spacial score (nSPS) is 12.2. The van der Waals surface area contributed by atoms with Crippen LogP contribution in [-0.2, 0) is 29.1 Å². The van der Waals surface area contributed by atoms with E-state index in [2.05, 4.69) is 13.8 Å². The Kier molecular flexibility index (Phi) is 38.7. The van der Waals surface area contributed by atoms with E-state index in [0.717, 1.165) is 24.3 Å². The van der Waals surface area contributed by atoms with E-state index in [0.29, 0.717) is 0 Å². The van der Waals surface area contributed by atoms with Crippen molar-refractivity contribution in [2.75, 3.05) is 11.5 Å². The van der Waals surface area contributed by atoms with Gasteiger partial charge in [0.05, 0.1) is 11.9 Å². The van der Waals surface area contributed by atoms with Crippen LogP contribution in [0, 0.1) is 0 Å². The molecule has 0 amide bonds. The Balaban J connectivity index is -0.000000608. The van der Waals surface area contributed by atoms with Crippen LogP contribution in [0.1, 0.15) is 156 Å². The fourth-order valence-electron chi connectivity index (χ4n) is 3.84. The van der Waals surface area contributed by atoms with E-state index < -0.39 is 11.9 Å². The molecule has 216 valence electrons. The van der Waals surface area contributed by atoms with Gasteiger partial charge in [0.15, 0.2) is 0 Å². The number of carbonyl (C=O) groups excluding carboxylic acids is 2. The van der Waals surface area contributed by atoms with Gasteiger partial charge >= 0.3 is 19.5 Å². The van der Waals surface area contributed by atoms with Crippen molar-refractivity contribution < 1.29 is 39.3 Å². The maximum Gasteiger partial charge on any atom is 2.00 e. The molecule has 0 saturated heterocycles. The van der Waals surface area contributed by atoms with Gasteiger partial charge in [0, 0.05) is 10.5 Å². The molecule has 0 heterocycles. The molecule has 4 nitrogen and oxygen atoms in total. The van der Waals surface area contributed by atoms with Gasteiger partial charge in [-0.25, -0.2) is 0 Å². The summed E-state index contributed by atoms with van der Waals surface area (Å²) in [4.78, 5) is 21.0. The molecule has 2 atom stereocenters. The van der Waals surface area contributed by atoms with E-state index in [-0.39, 0.29) is 30.0 Å². The van der Waals surface area contributed by atoms with Crippen molar-refractivity contribution in [1.29, 1.82) is 0 Å². The van der Waals surface area contributed by atoms with Gasteiger partial charge in [-0.15, -0.1) is 0 Å². The van der Waals surface area contributed by atoms with Crippen molar-refractivity contribution in [3.8, 4) is 0 Å². The summed E-state index contributed by atoms with van der Waals surface area (Å²) in [6.07, 6.45) is 26.5. The molecule has 0 aliphatic heterocycles. The van der Waals surface area contributed by atoms with Gasteiger partial charge < -0.3 is 19.8 Å². The van der Waals surface area contributed by atoms with Crippen LogP contribution in [0.2, 0.25) is 0 Å². The van der Waals surface area contributed by atoms with Gasteiger partial charge in [0.25, 0.3) is 0 Å². The van der Waals surface area contributed by atoms with Gasteiger partial charge in [-0.05, 0) is 38.2 Å². The molecule has 0 aromatic rings.